The lowest BCUT2D eigenvalue weighted by Gasteiger charge is -2.02. The predicted octanol–water partition coefficient (Wildman–Crippen LogP) is 3.43. The maximum atomic E-state index is 12.1. The molecule has 0 N–H and O–H groups in total. The van der Waals surface area contributed by atoms with Gasteiger partial charge in [0.1, 0.15) is 5.38 Å². The van der Waals surface area contributed by atoms with Gasteiger partial charge in [0.15, 0.2) is 0 Å². The second-order valence-corrected chi connectivity index (χ2v) is 2.90. The molecule has 68 valence electrons. The molecule has 0 heterocycles. The molecule has 0 aliphatic heterocycles. The molecule has 1 nitrogen and oxygen atoms in total. The Morgan fingerprint density at radius 3 is 2.00 bits per heavy atom. The largest absolute Gasteiger partial charge is 0.263 e. The summed E-state index contributed by atoms with van der Waals surface area (Å²) in [5.74, 6) is 0. The molecule has 0 aromatic heterocycles. The fraction of sp³-hybridized carbons (Fsp3) is 0.222. The molecule has 1 rings (SSSR count). The van der Waals surface area contributed by atoms with E-state index < -0.39 is 11.8 Å². The number of hydrogen-bond acceptors (Lipinski definition) is 1. The molecule has 1 aromatic rings. The number of halogens is 3. The number of nitriles is 1. The minimum absolute atomic E-state index is 0.0643. The fourth-order valence-corrected chi connectivity index (χ4v) is 1.03. The molecule has 0 aliphatic rings. The minimum Gasteiger partial charge on any atom is -0.205 e. The van der Waals surface area contributed by atoms with Gasteiger partial charge in [-0.15, -0.1) is 11.6 Å². The highest BCUT2D eigenvalue weighted by atomic mass is 35.5. The summed E-state index contributed by atoms with van der Waals surface area (Å²) >= 11 is 5.57. The van der Waals surface area contributed by atoms with Crippen LogP contribution in [0, 0.1) is 11.3 Å². The van der Waals surface area contributed by atoms with E-state index in [1.165, 1.54) is 24.3 Å². The van der Waals surface area contributed by atoms with E-state index in [1.807, 2.05) is 6.07 Å². The van der Waals surface area contributed by atoms with Crippen molar-refractivity contribution < 1.29 is 8.78 Å². The van der Waals surface area contributed by atoms with Crippen molar-refractivity contribution in [2.45, 2.75) is 11.8 Å². The van der Waals surface area contributed by atoms with Gasteiger partial charge in [0.05, 0.1) is 6.07 Å². The van der Waals surface area contributed by atoms with Gasteiger partial charge < -0.3 is 0 Å². The average molecular weight is 202 g/mol. The van der Waals surface area contributed by atoms with Crippen LogP contribution in [0.3, 0.4) is 0 Å². The highest BCUT2D eigenvalue weighted by Crippen LogP contribution is 2.23. The molecule has 1 aromatic carbocycles. The van der Waals surface area contributed by atoms with Crippen LogP contribution in [0.15, 0.2) is 24.3 Å². The molecule has 1 atom stereocenters. The van der Waals surface area contributed by atoms with Crippen LogP contribution in [-0.4, -0.2) is 0 Å². The lowest BCUT2D eigenvalue weighted by molar-refractivity contribution is 0.151. The van der Waals surface area contributed by atoms with Crippen LogP contribution in [-0.2, 0) is 0 Å². The Balaban J connectivity index is 2.89. The van der Waals surface area contributed by atoms with Crippen molar-refractivity contribution in [1.29, 1.82) is 5.26 Å². The van der Waals surface area contributed by atoms with E-state index in [0.29, 0.717) is 5.56 Å². The first kappa shape index (κ1) is 9.94. The maximum Gasteiger partial charge on any atom is 0.263 e. The summed E-state index contributed by atoms with van der Waals surface area (Å²) in [6.07, 6.45) is -2.48. The zero-order valence-electron chi connectivity index (χ0n) is 6.55. The Morgan fingerprint density at radius 2 is 1.62 bits per heavy atom. The number of alkyl halides is 3. The zero-order valence-corrected chi connectivity index (χ0v) is 7.30. The van der Waals surface area contributed by atoms with Crippen molar-refractivity contribution in [3.05, 3.63) is 35.4 Å². The maximum absolute atomic E-state index is 12.1. The molecule has 0 fully saturated rings. The van der Waals surface area contributed by atoms with Crippen molar-refractivity contribution in [1.82, 2.24) is 0 Å². The molecular formula is C9H6ClF2N. The fourth-order valence-electron chi connectivity index (χ4n) is 0.885. The first-order valence-corrected chi connectivity index (χ1v) is 4.00. The van der Waals surface area contributed by atoms with Crippen molar-refractivity contribution in [2.75, 3.05) is 0 Å². The number of nitrogens with zero attached hydrogens (tertiary/aromatic N) is 1. The van der Waals surface area contributed by atoms with E-state index in [2.05, 4.69) is 0 Å². The van der Waals surface area contributed by atoms with Crippen molar-refractivity contribution in [3.63, 3.8) is 0 Å². The lowest BCUT2D eigenvalue weighted by Crippen LogP contribution is -1.88. The highest BCUT2D eigenvalue weighted by molar-refractivity contribution is 6.22. The summed E-state index contributed by atoms with van der Waals surface area (Å²) < 4.78 is 24.2. The molecule has 0 saturated carbocycles. The number of hydrogen-bond donors (Lipinski definition) is 0. The van der Waals surface area contributed by atoms with Gasteiger partial charge in [-0.25, -0.2) is 8.78 Å². The number of benzene rings is 1. The third-order valence-corrected chi connectivity index (χ3v) is 1.94. The Labute approximate surface area is 79.6 Å². The first-order chi connectivity index (χ1) is 6.15. The zero-order chi connectivity index (χ0) is 9.84. The quantitative estimate of drug-likeness (QED) is 0.673. The van der Waals surface area contributed by atoms with Gasteiger partial charge in [0.2, 0.25) is 0 Å². The SMILES string of the molecule is N#CC(Cl)c1ccc(C(F)F)cc1. The smallest absolute Gasteiger partial charge is 0.205 e. The van der Waals surface area contributed by atoms with Crippen LogP contribution >= 0.6 is 11.6 Å². The molecular weight excluding hydrogens is 196 g/mol. The normalized spacial score (nSPS) is 12.5. The third-order valence-electron chi connectivity index (χ3n) is 1.59. The molecule has 0 saturated heterocycles. The Morgan fingerprint density at radius 1 is 1.15 bits per heavy atom. The Bertz CT molecular complexity index is 315. The van der Waals surface area contributed by atoms with Crippen LogP contribution < -0.4 is 0 Å². The van der Waals surface area contributed by atoms with E-state index in [0.717, 1.165) is 0 Å². The standard InChI is InChI=1S/C9H6ClF2N/c10-8(5-13)6-1-3-7(4-2-6)9(11)12/h1-4,8-9H. The van der Waals surface area contributed by atoms with Crippen molar-refractivity contribution in [2.24, 2.45) is 0 Å². The molecule has 13 heavy (non-hydrogen) atoms. The molecule has 0 aliphatic carbocycles. The molecule has 0 amide bonds. The van der Waals surface area contributed by atoms with E-state index >= 15 is 0 Å². The van der Waals surface area contributed by atoms with Crippen LogP contribution in [0.5, 0.6) is 0 Å². The summed E-state index contributed by atoms with van der Waals surface area (Å²) in [5.41, 5.74) is 0.471. The van der Waals surface area contributed by atoms with Crippen LogP contribution in [0.25, 0.3) is 0 Å². The van der Waals surface area contributed by atoms with E-state index in [4.69, 9.17) is 16.9 Å². The van der Waals surface area contributed by atoms with E-state index in [9.17, 15) is 8.78 Å². The van der Waals surface area contributed by atoms with E-state index in [-0.39, 0.29) is 5.56 Å². The van der Waals surface area contributed by atoms with Gasteiger partial charge >= 0.3 is 0 Å². The summed E-state index contributed by atoms with van der Waals surface area (Å²) in [6, 6.07) is 7.21. The summed E-state index contributed by atoms with van der Waals surface area (Å²) in [6.45, 7) is 0. The summed E-state index contributed by atoms with van der Waals surface area (Å²) in [5, 5.41) is 7.67. The highest BCUT2D eigenvalue weighted by Gasteiger charge is 2.09. The third kappa shape index (κ3) is 2.40. The van der Waals surface area contributed by atoms with Crippen molar-refractivity contribution in [3.8, 4) is 6.07 Å². The first-order valence-electron chi connectivity index (χ1n) is 3.57. The van der Waals surface area contributed by atoms with Gasteiger partial charge in [-0.1, -0.05) is 24.3 Å². The molecule has 0 radical (unpaired) electrons. The minimum atomic E-state index is -2.48. The van der Waals surface area contributed by atoms with Crippen LogP contribution in [0.2, 0.25) is 0 Å². The number of rotatable bonds is 2. The average Bonchev–Trinajstić information content (AvgIpc) is 2.17. The molecule has 0 bridgehead atoms. The van der Waals surface area contributed by atoms with E-state index in [1.54, 1.807) is 0 Å². The van der Waals surface area contributed by atoms with Gasteiger partial charge in [0, 0.05) is 5.56 Å². The monoisotopic (exact) mass is 201 g/mol. The van der Waals surface area contributed by atoms with Crippen LogP contribution in [0.4, 0.5) is 8.78 Å². The second-order valence-electron chi connectivity index (χ2n) is 2.46. The molecule has 0 spiro atoms. The van der Waals surface area contributed by atoms with Crippen LogP contribution in [0.1, 0.15) is 22.9 Å². The van der Waals surface area contributed by atoms with Gasteiger partial charge in [0.25, 0.3) is 6.43 Å². The lowest BCUT2D eigenvalue weighted by atomic mass is 10.1. The van der Waals surface area contributed by atoms with Crippen molar-refractivity contribution >= 4 is 11.6 Å². The van der Waals surface area contributed by atoms with Gasteiger partial charge in [-0.3, -0.25) is 0 Å². The predicted molar refractivity (Wildman–Crippen MR) is 45.6 cm³/mol. The van der Waals surface area contributed by atoms with Gasteiger partial charge in [-0.05, 0) is 5.56 Å². The molecule has 1 unspecified atom stereocenters. The summed E-state index contributed by atoms with van der Waals surface area (Å²) in [7, 11) is 0. The molecule has 4 heteroatoms. The topological polar surface area (TPSA) is 23.8 Å². The second kappa shape index (κ2) is 4.20. The Hall–Kier alpha value is -1.14. The summed E-state index contributed by atoms with van der Waals surface area (Å²) in [4.78, 5) is 0. The van der Waals surface area contributed by atoms with Gasteiger partial charge in [-0.2, -0.15) is 5.26 Å². The Kier molecular flexibility index (Phi) is 3.21.